The maximum atomic E-state index is 11.1. The molecule has 0 saturated carbocycles. The summed E-state index contributed by atoms with van der Waals surface area (Å²) in [4.78, 5) is 16.2. The summed E-state index contributed by atoms with van der Waals surface area (Å²) in [5.41, 5.74) is 3.45. The molecule has 0 bridgehead atoms. The minimum Gasteiger partial charge on any atom is -0.273 e. The highest BCUT2D eigenvalue weighted by molar-refractivity contribution is 9.09. The molecule has 15 heavy (non-hydrogen) atoms. The highest BCUT2D eigenvalue weighted by atomic mass is 79.9. The monoisotopic (exact) mass is 271 g/mol. The first kappa shape index (κ1) is 12.2. The Kier molecular flexibility index (Phi) is 6.04. The van der Waals surface area contributed by atoms with Crippen LogP contribution in [0.15, 0.2) is 30.3 Å². The molecule has 0 heterocycles. The molecule has 1 rings (SSSR count). The Labute approximate surface area is 97.9 Å². The van der Waals surface area contributed by atoms with E-state index in [1.807, 2.05) is 30.3 Å². The van der Waals surface area contributed by atoms with Gasteiger partial charge in [-0.05, 0) is 12.0 Å². The van der Waals surface area contributed by atoms with Crippen LogP contribution in [0, 0.1) is 0 Å². The molecular formula is C11H14BrNO2. The number of halogens is 1. The van der Waals surface area contributed by atoms with Gasteiger partial charge in [0.15, 0.2) is 0 Å². The van der Waals surface area contributed by atoms with Crippen molar-refractivity contribution in [3.8, 4) is 0 Å². The number of rotatable bonds is 6. The van der Waals surface area contributed by atoms with E-state index in [9.17, 15) is 4.79 Å². The first-order valence-electron chi connectivity index (χ1n) is 4.83. The lowest BCUT2D eigenvalue weighted by Crippen LogP contribution is -2.23. The van der Waals surface area contributed by atoms with E-state index in [-0.39, 0.29) is 5.91 Å². The molecule has 1 aromatic carbocycles. The van der Waals surface area contributed by atoms with E-state index in [0.29, 0.717) is 13.0 Å². The van der Waals surface area contributed by atoms with Crippen molar-refractivity contribution in [2.45, 2.75) is 19.4 Å². The van der Waals surface area contributed by atoms with E-state index in [4.69, 9.17) is 4.84 Å². The van der Waals surface area contributed by atoms with E-state index in [0.717, 1.165) is 17.3 Å². The molecule has 0 aromatic heterocycles. The van der Waals surface area contributed by atoms with Gasteiger partial charge < -0.3 is 0 Å². The first-order chi connectivity index (χ1) is 7.33. The molecule has 1 aromatic rings. The normalized spacial score (nSPS) is 9.93. The first-order valence-corrected chi connectivity index (χ1v) is 5.95. The molecular weight excluding hydrogens is 258 g/mol. The smallest absolute Gasteiger partial charge is 0.243 e. The van der Waals surface area contributed by atoms with Crippen molar-refractivity contribution in [3.05, 3.63) is 35.9 Å². The lowest BCUT2D eigenvalue weighted by molar-refractivity contribution is -0.134. The van der Waals surface area contributed by atoms with Crippen molar-refractivity contribution in [1.29, 1.82) is 0 Å². The zero-order chi connectivity index (χ0) is 10.9. The van der Waals surface area contributed by atoms with E-state index >= 15 is 0 Å². The third-order valence-electron chi connectivity index (χ3n) is 1.81. The summed E-state index contributed by atoms with van der Waals surface area (Å²) in [5.74, 6) is -0.0784. The molecule has 4 heteroatoms. The fourth-order valence-corrected chi connectivity index (χ4v) is 1.33. The Hall–Kier alpha value is -0.870. The number of carbonyl (C=O) groups excluding carboxylic acids is 1. The van der Waals surface area contributed by atoms with E-state index < -0.39 is 0 Å². The number of benzene rings is 1. The quantitative estimate of drug-likeness (QED) is 0.638. The summed E-state index contributed by atoms with van der Waals surface area (Å²) in [5, 5.41) is 0.832. The third kappa shape index (κ3) is 5.54. The predicted octanol–water partition coefficient (Wildman–Crippen LogP) is 2.41. The molecule has 0 saturated heterocycles. The molecule has 0 atom stereocenters. The van der Waals surface area contributed by atoms with Gasteiger partial charge in [-0.15, -0.1) is 0 Å². The van der Waals surface area contributed by atoms with Gasteiger partial charge in [0.1, 0.15) is 0 Å². The zero-order valence-electron chi connectivity index (χ0n) is 8.41. The number of hydrogen-bond donors (Lipinski definition) is 1. The van der Waals surface area contributed by atoms with Gasteiger partial charge in [0.25, 0.3) is 0 Å². The lowest BCUT2D eigenvalue weighted by atomic mass is 10.2. The van der Waals surface area contributed by atoms with E-state index in [1.165, 1.54) is 0 Å². The molecule has 1 amide bonds. The molecule has 0 aliphatic rings. The van der Waals surface area contributed by atoms with Crippen molar-refractivity contribution in [3.63, 3.8) is 0 Å². The average Bonchev–Trinajstić information content (AvgIpc) is 2.28. The van der Waals surface area contributed by atoms with Crippen LogP contribution in [0.4, 0.5) is 0 Å². The molecule has 0 unspecified atom stereocenters. The van der Waals surface area contributed by atoms with Gasteiger partial charge in [-0.1, -0.05) is 46.3 Å². The van der Waals surface area contributed by atoms with Crippen molar-refractivity contribution in [2.75, 3.05) is 5.33 Å². The molecule has 1 N–H and O–H groups in total. The Morgan fingerprint density at radius 1 is 1.33 bits per heavy atom. The van der Waals surface area contributed by atoms with Crippen LogP contribution in [0.2, 0.25) is 0 Å². The zero-order valence-corrected chi connectivity index (χ0v) is 10.00. The number of nitrogens with one attached hydrogen (secondary N) is 1. The molecule has 0 spiro atoms. The van der Waals surface area contributed by atoms with Crippen LogP contribution in [0.5, 0.6) is 0 Å². The van der Waals surface area contributed by atoms with Crippen LogP contribution in [-0.2, 0) is 16.2 Å². The fourth-order valence-electron chi connectivity index (χ4n) is 1.05. The minimum atomic E-state index is -0.0784. The van der Waals surface area contributed by atoms with Gasteiger partial charge in [0.2, 0.25) is 5.91 Å². The summed E-state index contributed by atoms with van der Waals surface area (Å²) in [7, 11) is 0. The van der Waals surface area contributed by atoms with Crippen LogP contribution < -0.4 is 5.48 Å². The topological polar surface area (TPSA) is 38.3 Å². The van der Waals surface area contributed by atoms with Crippen molar-refractivity contribution >= 4 is 21.8 Å². The summed E-state index contributed by atoms with van der Waals surface area (Å²) in [6, 6.07) is 9.71. The molecule has 0 aliphatic heterocycles. The Balaban J connectivity index is 2.14. The molecule has 3 nitrogen and oxygen atoms in total. The second-order valence-corrected chi connectivity index (χ2v) is 3.89. The summed E-state index contributed by atoms with van der Waals surface area (Å²) in [6.45, 7) is 0.404. The Bertz CT molecular complexity index is 290. The average molecular weight is 272 g/mol. The van der Waals surface area contributed by atoms with Gasteiger partial charge in [0, 0.05) is 11.8 Å². The third-order valence-corrected chi connectivity index (χ3v) is 2.37. The predicted molar refractivity (Wildman–Crippen MR) is 62.4 cm³/mol. The van der Waals surface area contributed by atoms with Crippen LogP contribution >= 0.6 is 15.9 Å². The van der Waals surface area contributed by atoms with Crippen LogP contribution in [-0.4, -0.2) is 11.2 Å². The summed E-state index contributed by atoms with van der Waals surface area (Å²) >= 11 is 3.26. The van der Waals surface area contributed by atoms with Crippen LogP contribution in [0.3, 0.4) is 0 Å². The molecule has 0 radical (unpaired) electrons. The second-order valence-electron chi connectivity index (χ2n) is 3.09. The van der Waals surface area contributed by atoms with Crippen LogP contribution in [0.1, 0.15) is 18.4 Å². The largest absolute Gasteiger partial charge is 0.273 e. The van der Waals surface area contributed by atoms with Gasteiger partial charge in [-0.3, -0.25) is 9.63 Å². The summed E-state index contributed by atoms with van der Waals surface area (Å²) < 4.78 is 0. The Morgan fingerprint density at radius 2 is 2.07 bits per heavy atom. The maximum absolute atomic E-state index is 11.1. The Morgan fingerprint density at radius 3 is 2.73 bits per heavy atom. The van der Waals surface area contributed by atoms with Gasteiger partial charge in [0.05, 0.1) is 6.61 Å². The van der Waals surface area contributed by atoms with E-state index in [1.54, 1.807) is 0 Å². The minimum absolute atomic E-state index is 0.0784. The number of carbonyl (C=O) groups is 1. The fraction of sp³-hybridized carbons (Fsp3) is 0.364. The van der Waals surface area contributed by atoms with Crippen molar-refractivity contribution in [2.24, 2.45) is 0 Å². The van der Waals surface area contributed by atoms with Crippen molar-refractivity contribution in [1.82, 2.24) is 5.48 Å². The van der Waals surface area contributed by atoms with Crippen molar-refractivity contribution < 1.29 is 9.63 Å². The molecule has 82 valence electrons. The van der Waals surface area contributed by atoms with Gasteiger partial charge >= 0.3 is 0 Å². The van der Waals surface area contributed by atoms with Gasteiger partial charge in [-0.2, -0.15) is 0 Å². The standard InChI is InChI=1S/C11H14BrNO2/c12-8-4-7-11(14)13-15-9-10-5-2-1-3-6-10/h1-3,5-6H,4,7-9H2,(H,13,14). The number of amides is 1. The second kappa shape index (κ2) is 7.43. The van der Waals surface area contributed by atoms with E-state index in [2.05, 4.69) is 21.4 Å². The van der Waals surface area contributed by atoms with Gasteiger partial charge in [-0.25, -0.2) is 5.48 Å². The molecule has 0 fully saturated rings. The lowest BCUT2D eigenvalue weighted by Gasteiger charge is -2.04. The number of hydrogen-bond acceptors (Lipinski definition) is 2. The highest BCUT2D eigenvalue weighted by Gasteiger charge is 1.99. The number of alkyl halides is 1. The molecule has 0 aliphatic carbocycles. The number of hydroxylamine groups is 1. The maximum Gasteiger partial charge on any atom is 0.243 e. The highest BCUT2D eigenvalue weighted by Crippen LogP contribution is 1.99. The SMILES string of the molecule is O=C(CCCBr)NOCc1ccccc1. The van der Waals surface area contributed by atoms with Crippen LogP contribution in [0.25, 0.3) is 0 Å². The summed E-state index contributed by atoms with van der Waals surface area (Å²) in [6.07, 6.45) is 1.31.